The van der Waals surface area contributed by atoms with Gasteiger partial charge in [-0.15, -0.1) is 0 Å². The lowest BCUT2D eigenvalue weighted by Gasteiger charge is -2.14. The first-order valence-corrected chi connectivity index (χ1v) is 11.1. The molecule has 32 heavy (non-hydrogen) atoms. The second-order valence-corrected chi connectivity index (χ2v) is 8.67. The summed E-state index contributed by atoms with van der Waals surface area (Å²) in [4.78, 5) is 12.4. The highest BCUT2D eigenvalue weighted by molar-refractivity contribution is 5.98. The van der Waals surface area contributed by atoms with E-state index in [-0.39, 0.29) is 0 Å². The summed E-state index contributed by atoms with van der Waals surface area (Å²) in [5.74, 6) is -0.550. The number of aromatic carboxylic acids is 1. The Labute approximate surface area is 189 Å². The number of hydrogen-bond donors (Lipinski definition) is 2. The van der Waals surface area contributed by atoms with Crippen molar-refractivity contribution in [2.75, 3.05) is 6.54 Å². The maximum atomic E-state index is 12.4. The van der Waals surface area contributed by atoms with Crippen LogP contribution in [0.5, 0.6) is 0 Å². The number of hydrogen-bond acceptors (Lipinski definition) is 2. The molecule has 0 unspecified atom stereocenters. The molecule has 2 N–H and O–H groups in total. The minimum absolute atomic E-state index is 0.340. The predicted octanol–water partition coefficient (Wildman–Crippen LogP) is 5.90. The molecule has 4 aromatic rings. The smallest absolute Gasteiger partial charge is 0.352 e. The summed E-state index contributed by atoms with van der Waals surface area (Å²) < 4.78 is 1.95. The van der Waals surface area contributed by atoms with E-state index in [0.717, 1.165) is 34.1 Å². The quantitative estimate of drug-likeness (QED) is 0.369. The number of aryl methyl sites for hydroxylation is 2. The van der Waals surface area contributed by atoms with Gasteiger partial charge in [0.05, 0.1) is 0 Å². The van der Waals surface area contributed by atoms with E-state index in [1.54, 1.807) is 0 Å². The van der Waals surface area contributed by atoms with Crippen molar-refractivity contribution >= 4 is 16.9 Å². The lowest BCUT2D eigenvalue weighted by molar-refractivity contribution is 0.0684. The molecule has 1 heterocycles. The minimum atomic E-state index is -0.890. The van der Waals surface area contributed by atoms with Crippen molar-refractivity contribution in [3.8, 4) is 0 Å². The second kappa shape index (κ2) is 9.41. The van der Waals surface area contributed by atoms with Crippen LogP contribution in [0.1, 0.15) is 51.1 Å². The van der Waals surface area contributed by atoms with Gasteiger partial charge in [-0.2, -0.15) is 0 Å². The number of fused-ring (bicyclic) bond motifs is 1. The zero-order valence-corrected chi connectivity index (χ0v) is 18.9. The van der Waals surface area contributed by atoms with Gasteiger partial charge in [-0.3, -0.25) is 0 Å². The molecule has 4 nitrogen and oxygen atoms in total. The van der Waals surface area contributed by atoms with Crippen LogP contribution in [-0.2, 0) is 13.1 Å². The van der Waals surface area contributed by atoms with E-state index in [1.165, 1.54) is 11.1 Å². The van der Waals surface area contributed by atoms with Crippen LogP contribution in [0, 0.1) is 13.8 Å². The van der Waals surface area contributed by atoms with Crippen LogP contribution in [0.3, 0.4) is 0 Å². The third kappa shape index (κ3) is 4.61. The Kier molecular flexibility index (Phi) is 6.42. The number of carboxylic acids is 1. The Morgan fingerprint density at radius 1 is 0.969 bits per heavy atom. The van der Waals surface area contributed by atoms with E-state index < -0.39 is 5.97 Å². The van der Waals surface area contributed by atoms with Crippen molar-refractivity contribution in [1.82, 2.24) is 9.88 Å². The van der Waals surface area contributed by atoms with Crippen molar-refractivity contribution in [1.29, 1.82) is 0 Å². The van der Waals surface area contributed by atoms with Gasteiger partial charge in [0, 0.05) is 36.1 Å². The zero-order chi connectivity index (χ0) is 22.7. The number of nitrogens with zero attached hydrogens (tertiary/aromatic N) is 1. The molecule has 0 amide bonds. The monoisotopic (exact) mass is 426 g/mol. The molecule has 1 aromatic heterocycles. The summed E-state index contributed by atoms with van der Waals surface area (Å²) in [5.41, 5.74) is 6.86. The standard InChI is InChI=1S/C28H30N2O2/c1-19-9-12-22(13-10-19)18-30-26-15-20(2)11-14-24(26)25(27(30)28(31)32)17-29-16-21(3)23-7-5-4-6-8-23/h4-15,21,29H,16-18H2,1-3H3,(H,31,32)/t21-/m1/s1. The Hall–Kier alpha value is -3.37. The molecule has 0 aliphatic rings. The Morgan fingerprint density at radius 3 is 2.34 bits per heavy atom. The molecule has 4 heteroatoms. The molecular weight excluding hydrogens is 396 g/mol. The topological polar surface area (TPSA) is 54.3 Å². The summed E-state index contributed by atoms with van der Waals surface area (Å²) in [6.07, 6.45) is 0. The van der Waals surface area contributed by atoms with E-state index in [1.807, 2.05) is 17.6 Å². The number of nitrogens with one attached hydrogen (secondary N) is 1. The lowest BCUT2D eigenvalue weighted by atomic mass is 10.0. The maximum Gasteiger partial charge on any atom is 0.352 e. The fourth-order valence-electron chi connectivity index (χ4n) is 4.31. The molecule has 3 aromatic carbocycles. The van der Waals surface area contributed by atoms with E-state index in [4.69, 9.17) is 0 Å². The van der Waals surface area contributed by atoms with Crippen LogP contribution in [0.25, 0.3) is 10.9 Å². The SMILES string of the molecule is Cc1ccc(Cn2c(C(=O)O)c(CNC[C@@H](C)c3ccccc3)c3ccc(C)cc32)cc1. The second-order valence-electron chi connectivity index (χ2n) is 8.67. The van der Waals surface area contributed by atoms with Gasteiger partial charge in [0.25, 0.3) is 0 Å². The number of benzene rings is 3. The van der Waals surface area contributed by atoms with E-state index >= 15 is 0 Å². The van der Waals surface area contributed by atoms with Crippen molar-refractivity contribution in [2.45, 2.75) is 39.8 Å². The van der Waals surface area contributed by atoms with Gasteiger partial charge in [0.2, 0.25) is 0 Å². The van der Waals surface area contributed by atoms with Crippen molar-refractivity contribution in [3.63, 3.8) is 0 Å². The van der Waals surface area contributed by atoms with Crippen LogP contribution in [0.15, 0.2) is 72.8 Å². The van der Waals surface area contributed by atoms with Crippen LogP contribution in [0.2, 0.25) is 0 Å². The average molecular weight is 427 g/mol. The lowest BCUT2D eigenvalue weighted by Crippen LogP contribution is -2.21. The minimum Gasteiger partial charge on any atom is -0.477 e. The molecule has 0 saturated carbocycles. The van der Waals surface area contributed by atoms with Gasteiger partial charge in [0.15, 0.2) is 0 Å². The molecule has 164 valence electrons. The average Bonchev–Trinajstić information content (AvgIpc) is 3.08. The third-order valence-corrected chi connectivity index (χ3v) is 6.11. The number of rotatable bonds is 8. The van der Waals surface area contributed by atoms with E-state index in [2.05, 4.69) is 85.9 Å². The Balaban J connectivity index is 1.67. The predicted molar refractivity (Wildman–Crippen MR) is 130 cm³/mol. The molecule has 0 aliphatic carbocycles. The van der Waals surface area contributed by atoms with E-state index in [9.17, 15) is 9.90 Å². The molecule has 0 radical (unpaired) electrons. The summed E-state index contributed by atoms with van der Waals surface area (Å²) in [7, 11) is 0. The summed E-state index contributed by atoms with van der Waals surface area (Å²) in [6, 6.07) is 24.9. The van der Waals surface area contributed by atoms with Crippen molar-refractivity contribution in [3.05, 3.63) is 106 Å². The normalized spacial score (nSPS) is 12.2. The summed E-state index contributed by atoms with van der Waals surface area (Å²) in [5, 5.41) is 14.7. The summed E-state index contributed by atoms with van der Waals surface area (Å²) >= 11 is 0. The highest BCUT2D eigenvalue weighted by atomic mass is 16.4. The number of carboxylic acid groups (broad SMARTS) is 1. The van der Waals surface area contributed by atoms with Crippen LogP contribution >= 0.6 is 0 Å². The first-order chi connectivity index (χ1) is 15.4. The molecule has 0 spiro atoms. The van der Waals surface area contributed by atoms with Crippen molar-refractivity contribution in [2.24, 2.45) is 0 Å². The highest BCUT2D eigenvalue weighted by Crippen LogP contribution is 2.29. The Bertz CT molecular complexity index is 1220. The maximum absolute atomic E-state index is 12.4. The highest BCUT2D eigenvalue weighted by Gasteiger charge is 2.22. The van der Waals surface area contributed by atoms with E-state index in [0.29, 0.717) is 24.7 Å². The van der Waals surface area contributed by atoms with Crippen LogP contribution in [0.4, 0.5) is 0 Å². The largest absolute Gasteiger partial charge is 0.477 e. The van der Waals surface area contributed by atoms with Gasteiger partial charge >= 0.3 is 5.97 Å². The van der Waals surface area contributed by atoms with Gasteiger partial charge in [-0.25, -0.2) is 4.79 Å². The first-order valence-electron chi connectivity index (χ1n) is 11.1. The van der Waals surface area contributed by atoms with Crippen LogP contribution in [-0.4, -0.2) is 22.2 Å². The van der Waals surface area contributed by atoms with Crippen LogP contribution < -0.4 is 5.32 Å². The molecule has 4 rings (SSSR count). The zero-order valence-electron chi connectivity index (χ0n) is 18.9. The van der Waals surface area contributed by atoms with Gasteiger partial charge in [-0.05, 0) is 42.5 Å². The molecule has 0 fully saturated rings. The molecule has 0 saturated heterocycles. The number of aromatic nitrogens is 1. The van der Waals surface area contributed by atoms with Gasteiger partial charge in [0.1, 0.15) is 5.69 Å². The molecule has 1 atom stereocenters. The first kappa shape index (κ1) is 21.8. The summed E-state index contributed by atoms with van der Waals surface area (Å²) in [6.45, 7) is 8.11. The molecular formula is C28H30N2O2. The Morgan fingerprint density at radius 2 is 1.66 bits per heavy atom. The molecule has 0 bridgehead atoms. The van der Waals surface area contributed by atoms with Gasteiger partial charge < -0.3 is 15.0 Å². The van der Waals surface area contributed by atoms with Crippen molar-refractivity contribution < 1.29 is 9.90 Å². The third-order valence-electron chi connectivity index (χ3n) is 6.11. The molecule has 0 aliphatic heterocycles. The van der Waals surface area contributed by atoms with Gasteiger partial charge in [-0.1, -0.05) is 79.2 Å². The number of carbonyl (C=O) groups is 1. The fourth-order valence-corrected chi connectivity index (χ4v) is 4.31. The fraction of sp³-hybridized carbons (Fsp3) is 0.250.